The first-order chi connectivity index (χ1) is 7.18. The Bertz CT molecular complexity index is 236. The lowest BCUT2D eigenvalue weighted by Crippen LogP contribution is -2.06. The number of hydrogen-bond acceptors (Lipinski definition) is 4. The third-order valence-corrected chi connectivity index (χ3v) is 5.92. The highest BCUT2D eigenvalue weighted by Crippen LogP contribution is 2.55. The van der Waals surface area contributed by atoms with Crippen LogP contribution >= 0.6 is 30.3 Å². The Morgan fingerprint density at radius 3 is 2.87 bits per heavy atom. The van der Waals surface area contributed by atoms with Crippen molar-refractivity contribution in [2.75, 3.05) is 12.4 Å². The van der Waals surface area contributed by atoms with Crippen LogP contribution in [0.5, 0.6) is 0 Å². The fourth-order valence-corrected chi connectivity index (χ4v) is 4.83. The van der Waals surface area contributed by atoms with Crippen molar-refractivity contribution in [2.45, 2.75) is 26.2 Å². The predicted molar refractivity (Wildman–Crippen MR) is 72.5 cm³/mol. The smallest absolute Gasteiger partial charge is 0.306 e. The van der Waals surface area contributed by atoms with Crippen LogP contribution in [-0.4, -0.2) is 17.9 Å². The van der Waals surface area contributed by atoms with Crippen LogP contribution in [0.15, 0.2) is 12.7 Å². The molecule has 0 saturated carbocycles. The summed E-state index contributed by atoms with van der Waals surface area (Å²) in [5.74, 6) is 0.807. The van der Waals surface area contributed by atoms with Gasteiger partial charge in [-0.25, -0.2) is 0 Å². The Morgan fingerprint density at radius 1 is 1.60 bits per heavy atom. The van der Waals surface area contributed by atoms with Gasteiger partial charge in [-0.15, -0.1) is 6.58 Å². The predicted octanol–water partition coefficient (Wildman–Crippen LogP) is 3.77. The lowest BCUT2D eigenvalue weighted by molar-refractivity contribution is 0.343. The molecule has 0 aromatic carbocycles. The molecule has 6 heteroatoms. The number of thiocarbonyl (C=S) groups is 1. The van der Waals surface area contributed by atoms with Crippen molar-refractivity contribution in [3.05, 3.63) is 12.7 Å². The van der Waals surface area contributed by atoms with E-state index in [0.29, 0.717) is 6.61 Å². The van der Waals surface area contributed by atoms with E-state index >= 15 is 0 Å². The van der Waals surface area contributed by atoms with Gasteiger partial charge in [0.1, 0.15) is 0 Å². The molecule has 0 heterocycles. The van der Waals surface area contributed by atoms with Gasteiger partial charge in [-0.3, -0.25) is 4.57 Å². The van der Waals surface area contributed by atoms with Crippen molar-refractivity contribution in [1.29, 1.82) is 0 Å². The quantitative estimate of drug-likeness (QED) is 0.282. The van der Waals surface area contributed by atoms with Crippen molar-refractivity contribution in [1.82, 2.24) is 5.09 Å². The summed E-state index contributed by atoms with van der Waals surface area (Å²) in [5, 5.41) is 2.62. The molecule has 0 fully saturated rings. The van der Waals surface area contributed by atoms with Crippen LogP contribution in [-0.2, 0) is 9.09 Å². The minimum absolute atomic E-state index is 0.424. The molecule has 0 radical (unpaired) electrons. The van der Waals surface area contributed by atoms with Gasteiger partial charge < -0.3 is 9.61 Å². The third-order valence-electron chi connectivity index (χ3n) is 1.57. The molecule has 0 spiro atoms. The maximum absolute atomic E-state index is 12.0. The first-order valence-corrected chi connectivity index (χ1v) is 8.58. The van der Waals surface area contributed by atoms with Gasteiger partial charge in [-0.2, -0.15) is 0 Å². The minimum atomic E-state index is -2.79. The summed E-state index contributed by atoms with van der Waals surface area (Å²) in [6, 6.07) is 0. The Labute approximate surface area is 101 Å². The first-order valence-electron chi connectivity index (χ1n) is 4.90. The Morgan fingerprint density at radius 2 is 2.33 bits per heavy atom. The lowest BCUT2D eigenvalue weighted by Gasteiger charge is -2.15. The van der Waals surface area contributed by atoms with E-state index in [4.69, 9.17) is 4.52 Å². The number of unbranched alkanes of at least 4 members (excludes halogenated alkanes) is 2. The molecule has 0 aliphatic heterocycles. The van der Waals surface area contributed by atoms with Crippen molar-refractivity contribution in [3.8, 4) is 0 Å². The SMILES string of the molecule is C=CCCCCSP(=O)(NC=S)OCC. The minimum Gasteiger partial charge on any atom is -0.306 e. The molecule has 0 rings (SSSR count). The molecule has 0 bridgehead atoms. The van der Waals surface area contributed by atoms with E-state index in [0.717, 1.165) is 25.0 Å². The molecule has 1 unspecified atom stereocenters. The molecule has 0 aromatic heterocycles. The van der Waals surface area contributed by atoms with E-state index in [-0.39, 0.29) is 0 Å². The monoisotopic (exact) mass is 267 g/mol. The molecule has 0 aromatic rings. The number of hydrogen-bond donors (Lipinski definition) is 1. The summed E-state index contributed by atoms with van der Waals surface area (Å²) in [6.07, 6.45) is 4.97. The van der Waals surface area contributed by atoms with Gasteiger partial charge >= 0.3 is 6.72 Å². The van der Waals surface area contributed by atoms with Crippen molar-refractivity contribution in [2.24, 2.45) is 0 Å². The van der Waals surface area contributed by atoms with Crippen molar-refractivity contribution >= 4 is 35.8 Å². The standard InChI is InChI=1S/C9H18NO2PS2/c1-3-5-6-7-8-15-13(11,10-9-14)12-4-2/h3,9H,1,4-8H2,2H3,(H,10,11,14). The number of allylic oxidation sites excluding steroid dienone is 1. The van der Waals surface area contributed by atoms with Crippen LogP contribution < -0.4 is 5.09 Å². The zero-order valence-electron chi connectivity index (χ0n) is 8.98. The second kappa shape index (κ2) is 9.40. The maximum atomic E-state index is 12.0. The third kappa shape index (κ3) is 8.03. The zero-order valence-corrected chi connectivity index (χ0v) is 11.5. The zero-order chi connectivity index (χ0) is 11.6. The van der Waals surface area contributed by atoms with Gasteiger partial charge in [0.2, 0.25) is 0 Å². The van der Waals surface area contributed by atoms with E-state index in [1.54, 1.807) is 0 Å². The van der Waals surface area contributed by atoms with E-state index in [1.807, 2.05) is 13.0 Å². The van der Waals surface area contributed by atoms with E-state index in [2.05, 4.69) is 23.9 Å². The Kier molecular flexibility index (Phi) is 9.51. The highest BCUT2D eigenvalue weighted by Gasteiger charge is 2.21. The van der Waals surface area contributed by atoms with Crippen LogP contribution in [0.3, 0.4) is 0 Å². The number of nitrogens with one attached hydrogen (secondary N) is 1. The molecule has 0 aliphatic rings. The van der Waals surface area contributed by atoms with E-state index < -0.39 is 6.72 Å². The summed E-state index contributed by atoms with van der Waals surface area (Å²) in [7, 11) is 0. The first kappa shape index (κ1) is 15.2. The van der Waals surface area contributed by atoms with Crippen molar-refractivity contribution in [3.63, 3.8) is 0 Å². The topological polar surface area (TPSA) is 38.3 Å². The summed E-state index contributed by atoms with van der Waals surface area (Å²) in [4.78, 5) is 0. The fourth-order valence-electron chi connectivity index (χ4n) is 0.922. The molecule has 3 nitrogen and oxygen atoms in total. The van der Waals surface area contributed by atoms with E-state index in [1.165, 1.54) is 16.9 Å². The van der Waals surface area contributed by atoms with Crippen LogP contribution in [0.25, 0.3) is 0 Å². The lowest BCUT2D eigenvalue weighted by atomic mass is 10.2. The highest BCUT2D eigenvalue weighted by molar-refractivity contribution is 8.56. The van der Waals surface area contributed by atoms with E-state index in [9.17, 15) is 4.57 Å². The number of rotatable bonds is 10. The largest absolute Gasteiger partial charge is 0.351 e. The van der Waals surface area contributed by atoms with Gasteiger partial charge in [0.05, 0.1) is 12.1 Å². The van der Waals surface area contributed by atoms with Gasteiger partial charge in [0.25, 0.3) is 0 Å². The fraction of sp³-hybridized carbons (Fsp3) is 0.667. The molecule has 1 atom stereocenters. The molecule has 0 aliphatic carbocycles. The molecule has 15 heavy (non-hydrogen) atoms. The van der Waals surface area contributed by atoms with Crippen LogP contribution in [0, 0.1) is 0 Å². The van der Waals surface area contributed by atoms with Gasteiger partial charge in [0, 0.05) is 5.75 Å². The molecular formula is C9H18NO2PS2. The molecule has 88 valence electrons. The summed E-state index contributed by atoms with van der Waals surface area (Å²) in [6.45, 7) is 3.10. The molecular weight excluding hydrogens is 249 g/mol. The summed E-state index contributed by atoms with van der Waals surface area (Å²) < 4.78 is 17.1. The second-order valence-electron chi connectivity index (χ2n) is 2.78. The normalized spacial score (nSPS) is 14.2. The molecule has 0 amide bonds. The van der Waals surface area contributed by atoms with Crippen LogP contribution in [0.1, 0.15) is 26.2 Å². The average Bonchev–Trinajstić information content (AvgIpc) is 2.18. The van der Waals surface area contributed by atoms with Gasteiger partial charge in [-0.1, -0.05) is 18.3 Å². The maximum Gasteiger partial charge on any atom is 0.351 e. The highest BCUT2D eigenvalue weighted by atomic mass is 32.7. The van der Waals surface area contributed by atoms with Crippen molar-refractivity contribution < 1.29 is 9.09 Å². The molecule has 0 saturated heterocycles. The van der Waals surface area contributed by atoms with Gasteiger partial charge in [0.15, 0.2) is 0 Å². The average molecular weight is 267 g/mol. The summed E-state index contributed by atoms with van der Waals surface area (Å²) >= 11 is 5.93. The Balaban J connectivity index is 3.80. The van der Waals surface area contributed by atoms with Gasteiger partial charge in [-0.05, 0) is 37.6 Å². The summed E-state index contributed by atoms with van der Waals surface area (Å²) in [5.41, 5.74) is 1.26. The Hall–Kier alpha value is 0.170. The van der Waals surface area contributed by atoms with Crippen LogP contribution in [0.4, 0.5) is 0 Å². The van der Waals surface area contributed by atoms with Crippen LogP contribution in [0.2, 0.25) is 0 Å². The second-order valence-corrected chi connectivity index (χ2v) is 7.41. The molecule has 1 N–H and O–H groups in total.